The van der Waals surface area contributed by atoms with Gasteiger partial charge in [-0.1, -0.05) is 48.0 Å². The molecule has 0 unspecified atom stereocenters. The van der Waals surface area contributed by atoms with E-state index in [0.717, 1.165) is 22.4 Å². The van der Waals surface area contributed by atoms with E-state index in [1.54, 1.807) is 0 Å². The normalized spacial score (nSPS) is 16.4. The van der Waals surface area contributed by atoms with Crippen molar-refractivity contribution in [1.29, 1.82) is 0 Å². The van der Waals surface area contributed by atoms with Crippen molar-refractivity contribution in [1.82, 2.24) is 0 Å². The standard InChI is InChI=1S/C16H21BrO2/c1-11-13(8-12-6-4-3-5-7-12)9-14(17)10-15(11)16(18)19-2/h9-10,12H,3-8H2,1-2H3. The first-order valence-corrected chi connectivity index (χ1v) is 7.78. The minimum Gasteiger partial charge on any atom is -0.465 e. The summed E-state index contributed by atoms with van der Waals surface area (Å²) in [4.78, 5) is 11.8. The lowest BCUT2D eigenvalue weighted by Gasteiger charge is -2.23. The fraction of sp³-hybridized carbons (Fsp3) is 0.562. The first-order chi connectivity index (χ1) is 9.11. The van der Waals surface area contributed by atoms with Crippen molar-refractivity contribution in [2.75, 3.05) is 7.11 Å². The van der Waals surface area contributed by atoms with Gasteiger partial charge in [0, 0.05) is 4.47 Å². The maximum atomic E-state index is 11.8. The van der Waals surface area contributed by atoms with Crippen molar-refractivity contribution in [3.8, 4) is 0 Å². The highest BCUT2D eigenvalue weighted by Gasteiger charge is 2.18. The van der Waals surface area contributed by atoms with E-state index in [4.69, 9.17) is 4.74 Å². The SMILES string of the molecule is COC(=O)c1cc(Br)cc(CC2CCCCC2)c1C. The third-order valence-electron chi connectivity index (χ3n) is 4.12. The Labute approximate surface area is 123 Å². The van der Waals surface area contributed by atoms with Crippen LogP contribution in [0.1, 0.15) is 53.6 Å². The maximum absolute atomic E-state index is 11.8. The molecule has 3 heteroatoms. The van der Waals surface area contributed by atoms with Gasteiger partial charge in [0.25, 0.3) is 0 Å². The van der Waals surface area contributed by atoms with Gasteiger partial charge in [0.2, 0.25) is 0 Å². The molecule has 0 bridgehead atoms. The highest BCUT2D eigenvalue weighted by atomic mass is 79.9. The molecule has 1 aliphatic carbocycles. The molecule has 0 N–H and O–H groups in total. The summed E-state index contributed by atoms with van der Waals surface area (Å²) in [5, 5.41) is 0. The van der Waals surface area contributed by atoms with Gasteiger partial charge < -0.3 is 4.74 Å². The van der Waals surface area contributed by atoms with Gasteiger partial charge in [0.15, 0.2) is 0 Å². The molecule has 0 aliphatic heterocycles. The number of benzene rings is 1. The zero-order valence-electron chi connectivity index (χ0n) is 11.7. The van der Waals surface area contributed by atoms with E-state index in [1.165, 1.54) is 44.8 Å². The molecule has 0 spiro atoms. The van der Waals surface area contributed by atoms with E-state index in [2.05, 4.69) is 22.0 Å². The molecule has 2 nitrogen and oxygen atoms in total. The number of ether oxygens (including phenoxy) is 1. The summed E-state index contributed by atoms with van der Waals surface area (Å²) in [6.45, 7) is 2.02. The fourth-order valence-corrected chi connectivity index (χ4v) is 3.48. The van der Waals surface area contributed by atoms with Crippen LogP contribution in [0, 0.1) is 12.8 Å². The van der Waals surface area contributed by atoms with Crippen LogP contribution in [0.4, 0.5) is 0 Å². The number of esters is 1. The summed E-state index contributed by atoms with van der Waals surface area (Å²) in [5.74, 6) is 0.524. The Morgan fingerprint density at radius 1 is 1.32 bits per heavy atom. The lowest BCUT2D eigenvalue weighted by Crippen LogP contribution is -2.12. The largest absolute Gasteiger partial charge is 0.465 e. The summed E-state index contributed by atoms with van der Waals surface area (Å²) in [7, 11) is 1.43. The Hall–Kier alpha value is -0.830. The topological polar surface area (TPSA) is 26.3 Å². The van der Waals surface area contributed by atoms with E-state index in [-0.39, 0.29) is 5.97 Å². The second-order valence-corrected chi connectivity index (χ2v) is 6.35. The molecule has 0 heterocycles. The van der Waals surface area contributed by atoms with Gasteiger partial charge in [-0.05, 0) is 42.5 Å². The quantitative estimate of drug-likeness (QED) is 0.755. The summed E-state index contributed by atoms with van der Waals surface area (Å²) in [6.07, 6.45) is 7.79. The van der Waals surface area contributed by atoms with Crippen molar-refractivity contribution in [2.45, 2.75) is 45.4 Å². The van der Waals surface area contributed by atoms with E-state index < -0.39 is 0 Å². The van der Waals surface area contributed by atoms with E-state index in [0.29, 0.717) is 5.56 Å². The van der Waals surface area contributed by atoms with Crippen LogP contribution in [-0.2, 0) is 11.2 Å². The minimum atomic E-state index is -0.247. The Kier molecular flexibility index (Phi) is 5.03. The highest BCUT2D eigenvalue weighted by molar-refractivity contribution is 9.10. The van der Waals surface area contributed by atoms with Gasteiger partial charge in [-0.2, -0.15) is 0 Å². The van der Waals surface area contributed by atoms with Crippen LogP contribution in [0.5, 0.6) is 0 Å². The number of carbonyl (C=O) groups is 1. The summed E-state index contributed by atoms with van der Waals surface area (Å²) in [6, 6.07) is 4.00. The van der Waals surface area contributed by atoms with Crippen LogP contribution in [0.2, 0.25) is 0 Å². The Bertz CT molecular complexity index is 462. The molecule has 1 saturated carbocycles. The van der Waals surface area contributed by atoms with Gasteiger partial charge in [0.1, 0.15) is 0 Å². The third kappa shape index (κ3) is 3.59. The molecule has 19 heavy (non-hydrogen) atoms. The number of carbonyl (C=O) groups excluding carboxylic acids is 1. The van der Waals surface area contributed by atoms with Crippen molar-refractivity contribution in [3.05, 3.63) is 33.3 Å². The number of halogens is 1. The summed E-state index contributed by atoms with van der Waals surface area (Å²) < 4.78 is 5.82. The molecular formula is C16H21BrO2. The molecule has 104 valence electrons. The van der Waals surface area contributed by atoms with Crippen molar-refractivity contribution >= 4 is 21.9 Å². The molecular weight excluding hydrogens is 304 g/mol. The molecule has 0 saturated heterocycles. The van der Waals surface area contributed by atoms with Crippen molar-refractivity contribution < 1.29 is 9.53 Å². The lowest BCUT2D eigenvalue weighted by atomic mass is 9.83. The van der Waals surface area contributed by atoms with Gasteiger partial charge in [-0.15, -0.1) is 0 Å². The highest BCUT2D eigenvalue weighted by Crippen LogP contribution is 2.30. The molecule has 0 atom stereocenters. The maximum Gasteiger partial charge on any atom is 0.338 e. The number of rotatable bonds is 3. The van der Waals surface area contributed by atoms with Gasteiger partial charge in [-0.3, -0.25) is 0 Å². The zero-order valence-corrected chi connectivity index (χ0v) is 13.3. The van der Waals surface area contributed by atoms with Crippen LogP contribution in [0.25, 0.3) is 0 Å². The average molecular weight is 325 g/mol. The molecule has 0 radical (unpaired) electrons. The number of hydrogen-bond donors (Lipinski definition) is 0. The van der Waals surface area contributed by atoms with E-state index in [9.17, 15) is 4.79 Å². The first kappa shape index (κ1) is 14.6. The molecule has 1 aromatic carbocycles. The number of hydrogen-bond acceptors (Lipinski definition) is 2. The van der Waals surface area contributed by atoms with Crippen molar-refractivity contribution in [3.63, 3.8) is 0 Å². The molecule has 1 aromatic rings. The van der Waals surface area contributed by atoms with Crippen LogP contribution >= 0.6 is 15.9 Å². The van der Waals surface area contributed by atoms with E-state index >= 15 is 0 Å². The Morgan fingerprint density at radius 3 is 2.63 bits per heavy atom. The molecule has 0 amide bonds. The molecule has 2 rings (SSSR count). The zero-order chi connectivity index (χ0) is 13.8. The Balaban J connectivity index is 2.24. The van der Waals surface area contributed by atoms with Crippen molar-refractivity contribution in [2.24, 2.45) is 5.92 Å². The van der Waals surface area contributed by atoms with Crippen LogP contribution in [0.15, 0.2) is 16.6 Å². The first-order valence-electron chi connectivity index (χ1n) is 6.99. The van der Waals surface area contributed by atoms with Gasteiger partial charge in [0.05, 0.1) is 12.7 Å². The summed E-state index contributed by atoms with van der Waals surface area (Å²) in [5.41, 5.74) is 3.03. The van der Waals surface area contributed by atoms with Gasteiger partial charge >= 0.3 is 5.97 Å². The predicted molar refractivity (Wildman–Crippen MR) is 80.5 cm³/mol. The number of methoxy groups -OCH3 is 1. The third-order valence-corrected chi connectivity index (χ3v) is 4.58. The second kappa shape index (κ2) is 6.56. The smallest absolute Gasteiger partial charge is 0.338 e. The second-order valence-electron chi connectivity index (χ2n) is 5.44. The van der Waals surface area contributed by atoms with Crippen LogP contribution in [0.3, 0.4) is 0 Å². The average Bonchev–Trinajstić information content (AvgIpc) is 2.42. The Morgan fingerprint density at radius 2 is 2.00 bits per heavy atom. The predicted octanol–water partition coefficient (Wildman–Crippen LogP) is 4.67. The monoisotopic (exact) mass is 324 g/mol. The van der Waals surface area contributed by atoms with Crippen LogP contribution in [-0.4, -0.2) is 13.1 Å². The van der Waals surface area contributed by atoms with Gasteiger partial charge in [-0.25, -0.2) is 4.79 Å². The summed E-state index contributed by atoms with van der Waals surface area (Å²) >= 11 is 3.50. The van der Waals surface area contributed by atoms with E-state index in [1.807, 2.05) is 13.0 Å². The minimum absolute atomic E-state index is 0.247. The molecule has 1 aliphatic rings. The molecule has 0 aromatic heterocycles. The lowest BCUT2D eigenvalue weighted by molar-refractivity contribution is 0.0599. The van der Waals surface area contributed by atoms with Crippen LogP contribution < -0.4 is 0 Å². The fourth-order valence-electron chi connectivity index (χ4n) is 2.97. The molecule has 1 fully saturated rings.